The number of halogens is 2. The zero-order chi connectivity index (χ0) is 29.3. The Hall–Kier alpha value is -3.87. The SMILES string of the molecule is C1=CCC(c2cc(-c3ccccc3)c(-c3ccccc3)c3c2[CH]([Zr+2]=[C](c2ccccc2)c2ccccc2)c2ccccc2-3)=C1.[Cl-].[Cl-]. The molecule has 0 amide bonds. The summed E-state index contributed by atoms with van der Waals surface area (Å²) in [6.45, 7) is 0. The average molecular weight is 710 g/mol. The van der Waals surface area contributed by atoms with Gasteiger partial charge in [-0.15, -0.1) is 0 Å². The van der Waals surface area contributed by atoms with Gasteiger partial charge in [0, 0.05) is 0 Å². The van der Waals surface area contributed by atoms with Gasteiger partial charge in [0.15, 0.2) is 0 Å². The third-order valence-corrected chi connectivity index (χ3v) is 13.2. The van der Waals surface area contributed by atoms with Gasteiger partial charge in [-0.05, 0) is 0 Å². The van der Waals surface area contributed by atoms with E-state index in [1.165, 1.54) is 66.8 Å². The van der Waals surface area contributed by atoms with Crippen LogP contribution in [0.15, 0.2) is 170 Å². The summed E-state index contributed by atoms with van der Waals surface area (Å²) in [6, 6.07) is 56.1. The molecule has 0 aromatic heterocycles. The van der Waals surface area contributed by atoms with Gasteiger partial charge in [0.05, 0.1) is 0 Å². The van der Waals surface area contributed by atoms with Crippen LogP contribution < -0.4 is 24.8 Å². The van der Waals surface area contributed by atoms with E-state index in [9.17, 15) is 0 Å². The van der Waals surface area contributed by atoms with E-state index in [4.69, 9.17) is 0 Å². The molecule has 3 heteroatoms. The Morgan fingerprint density at radius 2 is 1.07 bits per heavy atom. The molecule has 0 heterocycles. The molecule has 0 saturated carbocycles. The Balaban J connectivity index is 0.00000186. The van der Waals surface area contributed by atoms with Crippen molar-refractivity contribution < 1.29 is 47.6 Å². The van der Waals surface area contributed by atoms with Crippen LogP contribution in [-0.2, 0) is 22.8 Å². The minimum absolute atomic E-state index is 0. The molecule has 6 aromatic carbocycles. The van der Waals surface area contributed by atoms with Crippen LogP contribution in [0.3, 0.4) is 0 Å². The maximum atomic E-state index is 2.53. The van der Waals surface area contributed by atoms with Crippen LogP contribution in [0.1, 0.15) is 37.9 Å². The molecule has 2 aliphatic rings. The summed E-state index contributed by atoms with van der Waals surface area (Å²) in [5, 5.41) is 0. The quantitative estimate of drug-likeness (QED) is 0.234. The van der Waals surface area contributed by atoms with Gasteiger partial charge < -0.3 is 24.8 Å². The van der Waals surface area contributed by atoms with Crippen molar-refractivity contribution in [2.75, 3.05) is 0 Å². The second-order valence-corrected chi connectivity index (χ2v) is 14.8. The first-order valence-corrected chi connectivity index (χ1v) is 18.0. The molecule has 46 heavy (non-hydrogen) atoms. The van der Waals surface area contributed by atoms with Gasteiger partial charge in [0.25, 0.3) is 0 Å². The molecule has 0 saturated heterocycles. The van der Waals surface area contributed by atoms with Crippen molar-refractivity contribution in [2.24, 2.45) is 0 Å². The number of fused-ring (bicyclic) bond motifs is 3. The average Bonchev–Trinajstić information content (AvgIpc) is 3.75. The Kier molecular flexibility index (Phi) is 9.96. The second-order valence-electron chi connectivity index (χ2n) is 11.5. The van der Waals surface area contributed by atoms with E-state index in [-0.39, 0.29) is 24.8 Å². The summed E-state index contributed by atoms with van der Waals surface area (Å²) >= 11 is -1.26. The molecule has 6 aromatic rings. The van der Waals surface area contributed by atoms with Crippen LogP contribution >= 0.6 is 0 Å². The minimum atomic E-state index is -1.26. The fourth-order valence-corrected chi connectivity index (χ4v) is 11.4. The molecule has 2 aliphatic carbocycles. The third-order valence-electron chi connectivity index (χ3n) is 8.88. The maximum Gasteiger partial charge on any atom is -1.00 e. The van der Waals surface area contributed by atoms with Crippen molar-refractivity contribution in [1.29, 1.82) is 0 Å². The zero-order valence-corrected chi connectivity index (χ0v) is 29.2. The summed E-state index contributed by atoms with van der Waals surface area (Å²) in [6.07, 6.45) is 7.86. The predicted octanol–water partition coefficient (Wildman–Crippen LogP) is 4.79. The predicted molar refractivity (Wildman–Crippen MR) is 182 cm³/mol. The Bertz CT molecular complexity index is 2020. The first-order chi connectivity index (χ1) is 21.9. The van der Waals surface area contributed by atoms with Crippen molar-refractivity contribution in [2.45, 2.75) is 10.0 Å². The van der Waals surface area contributed by atoms with E-state index < -0.39 is 22.8 Å². The summed E-state index contributed by atoms with van der Waals surface area (Å²) in [4.78, 5) is 0. The van der Waals surface area contributed by atoms with Gasteiger partial charge >= 0.3 is 273 Å². The van der Waals surface area contributed by atoms with E-state index in [0.29, 0.717) is 3.63 Å². The van der Waals surface area contributed by atoms with E-state index >= 15 is 0 Å². The van der Waals surface area contributed by atoms with Crippen molar-refractivity contribution in [3.63, 3.8) is 0 Å². The van der Waals surface area contributed by atoms with Gasteiger partial charge in [-0.25, -0.2) is 0 Å². The van der Waals surface area contributed by atoms with Crippen molar-refractivity contribution in [3.8, 4) is 33.4 Å². The molecular weight excluding hydrogens is 679 g/mol. The van der Waals surface area contributed by atoms with Crippen LogP contribution in [0, 0.1) is 0 Å². The van der Waals surface area contributed by atoms with Crippen LogP contribution in [0.4, 0.5) is 0 Å². The van der Waals surface area contributed by atoms with Gasteiger partial charge in [0.1, 0.15) is 0 Å². The first kappa shape index (κ1) is 32.1. The largest absolute Gasteiger partial charge is 1.00 e. The van der Waals surface area contributed by atoms with Gasteiger partial charge in [-0.2, -0.15) is 0 Å². The number of benzene rings is 6. The van der Waals surface area contributed by atoms with E-state index in [0.717, 1.165) is 6.42 Å². The molecular formula is C43H31Cl2Zr. The summed E-state index contributed by atoms with van der Waals surface area (Å²) in [5.74, 6) is 0. The van der Waals surface area contributed by atoms with Crippen molar-refractivity contribution in [1.82, 2.24) is 0 Å². The fraction of sp³-hybridized carbons (Fsp3) is 0.0465. The molecule has 0 aliphatic heterocycles. The van der Waals surface area contributed by atoms with Gasteiger partial charge in [-0.1, -0.05) is 0 Å². The smallest absolute Gasteiger partial charge is 1.00 e. The van der Waals surface area contributed by atoms with E-state index in [1.54, 1.807) is 3.21 Å². The zero-order valence-electron chi connectivity index (χ0n) is 25.2. The molecule has 1 atom stereocenters. The van der Waals surface area contributed by atoms with Gasteiger partial charge in [-0.3, -0.25) is 0 Å². The van der Waals surface area contributed by atoms with Crippen LogP contribution in [0.5, 0.6) is 0 Å². The molecule has 1 unspecified atom stereocenters. The number of rotatable bonds is 6. The number of hydrogen-bond donors (Lipinski definition) is 0. The summed E-state index contributed by atoms with van der Waals surface area (Å²) < 4.78 is 1.95. The third kappa shape index (κ3) is 5.89. The second kappa shape index (κ2) is 14.3. The van der Waals surface area contributed by atoms with Crippen LogP contribution in [0.25, 0.3) is 39.0 Å². The number of hydrogen-bond acceptors (Lipinski definition) is 0. The van der Waals surface area contributed by atoms with Crippen LogP contribution in [-0.4, -0.2) is 3.21 Å². The number of allylic oxidation sites excluding steroid dienone is 4. The molecule has 0 bridgehead atoms. The molecule has 221 valence electrons. The monoisotopic (exact) mass is 707 g/mol. The minimum Gasteiger partial charge on any atom is -1.00 e. The Morgan fingerprint density at radius 1 is 0.522 bits per heavy atom. The van der Waals surface area contributed by atoms with E-state index in [2.05, 4.69) is 170 Å². The van der Waals surface area contributed by atoms with E-state index in [1.807, 2.05) is 0 Å². The normalized spacial score (nSPS) is 13.8. The molecule has 0 N–H and O–H groups in total. The molecule has 0 nitrogen and oxygen atoms in total. The summed E-state index contributed by atoms with van der Waals surface area (Å²) in [7, 11) is 0. The topological polar surface area (TPSA) is 0 Å². The van der Waals surface area contributed by atoms with Gasteiger partial charge in [0.2, 0.25) is 0 Å². The van der Waals surface area contributed by atoms with Crippen molar-refractivity contribution in [3.05, 3.63) is 198 Å². The van der Waals surface area contributed by atoms with Crippen LogP contribution in [0.2, 0.25) is 0 Å². The van der Waals surface area contributed by atoms with Crippen molar-refractivity contribution >= 4 is 8.78 Å². The Labute approximate surface area is 295 Å². The molecule has 0 spiro atoms. The Morgan fingerprint density at radius 3 is 1.65 bits per heavy atom. The standard InChI is InChI=1S/C30H21.C13H10.2ClH.Zr/c1-3-11-22(12-4-1)27-20-26(21-13-7-8-14-21)28-19-24-17-9-10-18-25(24)30(28)29(27)23-15-5-2-6-16-23;1-3-7-12(8-4-1)11-13-9-5-2-6-10-13;;;/h1-13,15-20H,14H2;1-10H;2*1H;/q;;;;+2/p-2. The first-order valence-electron chi connectivity index (χ1n) is 15.4. The fourth-order valence-electron chi connectivity index (χ4n) is 6.91. The summed E-state index contributed by atoms with van der Waals surface area (Å²) in [5.41, 5.74) is 16.7. The molecule has 8 rings (SSSR count). The molecule has 0 fully saturated rings. The molecule has 0 radical (unpaired) electrons. The maximum absolute atomic E-state index is 2.53.